The molecule has 1 aliphatic carbocycles. The Morgan fingerprint density at radius 2 is 2.44 bits per heavy atom. The van der Waals surface area contributed by atoms with Crippen molar-refractivity contribution in [3.05, 3.63) is 18.2 Å². The van der Waals surface area contributed by atoms with Crippen molar-refractivity contribution in [3.8, 4) is 0 Å². The Morgan fingerprint density at radius 1 is 1.62 bits per heavy atom. The summed E-state index contributed by atoms with van der Waals surface area (Å²) in [4.78, 5) is 7.27. The first-order chi connectivity index (χ1) is 7.78. The van der Waals surface area contributed by atoms with Crippen LogP contribution in [0.4, 0.5) is 0 Å². The van der Waals surface area contributed by atoms with Gasteiger partial charge in [0.05, 0.1) is 6.10 Å². The molecule has 0 amide bonds. The molecule has 0 saturated heterocycles. The predicted molar refractivity (Wildman–Crippen MR) is 64.7 cm³/mol. The zero-order chi connectivity index (χ0) is 11.4. The summed E-state index contributed by atoms with van der Waals surface area (Å²) in [5.74, 6) is 1.73. The van der Waals surface area contributed by atoms with Crippen molar-refractivity contribution in [3.63, 3.8) is 0 Å². The number of alkyl halides is 1. The molecular formula is C12H19ClN2O. The van der Waals surface area contributed by atoms with Gasteiger partial charge in [-0.2, -0.15) is 0 Å². The number of hydrogen-bond donors (Lipinski definition) is 1. The Morgan fingerprint density at radius 3 is 3.06 bits per heavy atom. The van der Waals surface area contributed by atoms with Gasteiger partial charge in [0.25, 0.3) is 0 Å². The second-order valence-electron chi connectivity index (χ2n) is 4.49. The van der Waals surface area contributed by atoms with Gasteiger partial charge >= 0.3 is 0 Å². The van der Waals surface area contributed by atoms with Gasteiger partial charge in [-0.25, -0.2) is 4.98 Å². The van der Waals surface area contributed by atoms with E-state index in [-0.39, 0.29) is 5.38 Å². The summed E-state index contributed by atoms with van der Waals surface area (Å²) in [6.45, 7) is 2.88. The fourth-order valence-corrected chi connectivity index (χ4v) is 2.70. The van der Waals surface area contributed by atoms with E-state index in [0.717, 1.165) is 31.2 Å². The summed E-state index contributed by atoms with van der Waals surface area (Å²) in [5, 5.41) is 0.193. The van der Waals surface area contributed by atoms with E-state index in [9.17, 15) is 0 Å². The first-order valence-electron chi connectivity index (χ1n) is 6.01. The molecule has 4 heteroatoms. The van der Waals surface area contributed by atoms with E-state index >= 15 is 0 Å². The molecule has 1 saturated carbocycles. The smallest absolute Gasteiger partial charge is 0.107 e. The standard InChI is InChI=1S/C12H19ClN2O/c1-2-16-11-6-9(7-11)5-10(13)8-12-14-3-4-15-12/h3-4,9-11H,2,5-8H2,1H3,(H,14,15). The first kappa shape index (κ1) is 11.9. The number of rotatable bonds is 6. The van der Waals surface area contributed by atoms with Crippen LogP contribution in [0.1, 0.15) is 32.0 Å². The van der Waals surface area contributed by atoms with Gasteiger partial charge in [0.15, 0.2) is 0 Å². The summed E-state index contributed by atoms with van der Waals surface area (Å²) in [5.41, 5.74) is 0. The van der Waals surface area contributed by atoms with Crippen LogP contribution in [0.3, 0.4) is 0 Å². The Kier molecular flexibility index (Phi) is 4.24. The lowest BCUT2D eigenvalue weighted by atomic mass is 9.79. The molecule has 3 nitrogen and oxygen atoms in total. The number of H-pyrrole nitrogens is 1. The summed E-state index contributed by atoms with van der Waals surface area (Å²) in [6.07, 6.45) is 8.36. The number of imidazole rings is 1. The summed E-state index contributed by atoms with van der Waals surface area (Å²) in [7, 11) is 0. The molecule has 1 fully saturated rings. The third kappa shape index (κ3) is 3.22. The van der Waals surface area contributed by atoms with Gasteiger partial charge in [-0.05, 0) is 32.1 Å². The molecule has 0 spiro atoms. The highest BCUT2D eigenvalue weighted by Crippen LogP contribution is 2.35. The lowest BCUT2D eigenvalue weighted by Crippen LogP contribution is -2.33. The van der Waals surface area contributed by atoms with Crippen LogP contribution in [0.2, 0.25) is 0 Å². The van der Waals surface area contributed by atoms with E-state index in [0.29, 0.717) is 6.10 Å². The molecule has 0 bridgehead atoms. The van der Waals surface area contributed by atoms with Crippen LogP contribution in [0.5, 0.6) is 0 Å². The van der Waals surface area contributed by atoms with Gasteiger partial charge in [0, 0.05) is 30.8 Å². The van der Waals surface area contributed by atoms with Gasteiger partial charge in [-0.1, -0.05) is 0 Å². The van der Waals surface area contributed by atoms with Crippen molar-refractivity contribution in [2.75, 3.05) is 6.61 Å². The van der Waals surface area contributed by atoms with Crippen LogP contribution in [0.15, 0.2) is 12.4 Å². The van der Waals surface area contributed by atoms with E-state index in [1.807, 2.05) is 6.20 Å². The molecule has 1 heterocycles. The molecule has 1 aromatic heterocycles. The highest BCUT2D eigenvalue weighted by Gasteiger charge is 2.31. The van der Waals surface area contributed by atoms with Crippen LogP contribution in [-0.2, 0) is 11.2 Å². The number of aromatic nitrogens is 2. The molecular weight excluding hydrogens is 224 g/mol. The number of nitrogens with zero attached hydrogens (tertiary/aromatic N) is 1. The molecule has 0 aromatic carbocycles. The van der Waals surface area contributed by atoms with E-state index in [1.54, 1.807) is 6.20 Å². The normalized spacial score (nSPS) is 26.4. The predicted octanol–water partition coefficient (Wildman–Crippen LogP) is 2.76. The van der Waals surface area contributed by atoms with E-state index in [2.05, 4.69) is 16.9 Å². The van der Waals surface area contributed by atoms with E-state index in [4.69, 9.17) is 16.3 Å². The maximum absolute atomic E-state index is 6.30. The highest BCUT2D eigenvalue weighted by molar-refractivity contribution is 6.20. The van der Waals surface area contributed by atoms with Crippen molar-refractivity contribution >= 4 is 11.6 Å². The molecule has 0 radical (unpaired) electrons. The topological polar surface area (TPSA) is 37.9 Å². The number of aromatic amines is 1. The monoisotopic (exact) mass is 242 g/mol. The van der Waals surface area contributed by atoms with E-state index < -0.39 is 0 Å². The number of hydrogen-bond acceptors (Lipinski definition) is 2. The van der Waals surface area contributed by atoms with Gasteiger partial charge < -0.3 is 9.72 Å². The van der Waals surface area contributed by atoms with Crippen molar-refractivity contribution in [2.45, 2.75) is 44.1 Å². The average molecular weight is 243 g/mol. The highest BCUT2D eigenvalue weighted by atomic mass is 35.5. The molecule has 1 N–H and O–H groups in total. The second-order valence-corrected chi connectivity index (χ2v) is 5.10. The van der Waals surface area contributed by atoms with Crippen molar-refractivity contribution in [1.82, 2.24) is 9.97 Å². The molecule has 90 valence electrons. The largest absolute Gasteiger partial charge is 0.378 e. The van der Waals surface area contributed by atoms with Crippen molar-refractivity contribution in [1.29, 1.82) is 0 Å². The minimum atomic E-state index is 0.193. The van der Waals surface area contributed by atoms with Gasteiger partial charge in [0.2, 0.25) is 0 Å². The third-order valence-electron chi connectivity index (χ3n) is 3.15. The Balaban J connectivity index is 1.64. The minimum Gasteiger partial charge on any atom is -0.378 e. The zero-order valence-electron chi connectivity index (χ0n) is 9.66. The van der Waals surface area contributed by atoms with Crippen LogP contribution < -0.4 is 0 Å². The Labute approximate surface area is 102 Å². The van der Waals surface area contributed by atoms with Crippen LogP contribution >= 0.6 is 11.6 Å². The number of ether oxygens (including phenoxy) is 1. The second kappa shape index (κ2) is 5.69. The maximum Gasteiger partial charge on any atom is 0.107 e. The number of halogens is 1. The number of nitrogens with one attached hydrogen (secondary N) is 1. The Hall–Kier alpha value is -0.540. The summed E-state index contributed by atoms with van der Waals surface area (Å²) >= 11 is 6.30. The van der Waals surface area contributed by atoms with Crippen molar-refractivity contribution in [2.24, 2.45) is 5.92 Å². The third-order valence-corrected chi connectivity index (χ3v) is 3.49. The minimum absolute atomic E-state index is 0.193. The molecule has 2 rings (SSSR count). The van der Waals surface area contributed by atoms with Crippen LogP contribution in [0.25, 0.3) is 0 Å². The Bertz CT molecular complexity index is 296. The average Bonchev–Trinajstić information content (AvgIpc) is 2.67. The van der Waals surface area contributed by atoms with Crippen LogP contribution in [0, 0.1) is 5.92 Å². The molecule has 16 heavy (non-hydrogen) atoms. The lowest BCUT2D eigenvalue weighted by molar-refractivity contribution is -0.0266. The molecule has 1 unspecified atom stereocenters. The fourth-order valence-electron chi connectivity index (χ4n) is 2.30. The SMILES string of the molecule is CCOC1CC(CC(Cl)Cc2ncc[nH]2)C1. The maximum atomic E-state index is 6.30. The van der Waals surface area contributed by atoms with Gasteiger partial charge in [0.1, 0.15) is 5.82 Å². The van der Waals surface area contributed by atoms with E-state index in [1.165, 1.54) is 12.8 Å². The fraction of sp³-hybridized carbons (Fsp3) is 0.750. The first-order valence-corrected chi connectivity index (χ1v) is 6.45. The summed E-state index contributed by atoms with van der Waals surface area (Å²) < 4.78 is 5.53. The molecule has 1 aromatic rings. The van der Waals surface area contributed by atoms with Gasteiger partial charge in [-0.3, -0.25) is 0 Å². The summed E-state index contributed by atoms with van der Waals surface area (Å²) in [6, 6.07) is 0. The quantitative estimate of drug-likeness (QED) is 0.779. The molecule has 0 aliphatic heterocycles. The van der Waals surface area contributed by atoms with Gasteiger partial charge in [-0.15, -0.1) is 11.6 Å². The molecule has 1 atom stereocenters. The van der Waals surface area contributed by atoms with Crippen LogP contribution in [-0.4, -0.2) is 28.1 Å². The zero-order valence-corrected chi connectivity index (χ0v) is 10.4. The van der Waals surface area contributed by atoms with Crippen molar-refractivity contribution < 1.29 is 4.74 Å². The lowest BCUT2D eigenvalue weighted by Gasteiger charge is -2.35. The molecule has 1 aliphatic rings.